The lowest BCUT2D eigenvalue weighted by atomic mass is 9.85. The van der Waals surface area contributed by atoms with Gasteiger partial charge in [-0.2, -0.15) is 0 Å². The van der Waals surface area contributed by atoms with E-state index in [1.54, 1.807) is 0 Å². The number of benzene rings is 3. The molecule has 0 aliphatic carbocycles. The highest BCUT2D eigenvalue weighted by Crippen LogP contribution is 2.38. The van der Waals surface area contributed by atoms with Crippen LogP contribution in [0.4, 0.5) is 0 Å². The first-order valence-electron chi connectivity index (χ1n) is 16.6. The fourth-order valence-corrected chi connectivity index (χ4v) is 7.10. The van der Waals surface area contributed by atoms with E-state index in [0.29, 0.717) is 0 Å². The summed E-state index contributed by atoms with van der Waals surface area (Å²) in [6, 6.07) is 41.7. The lowest BCUT2D eigenvalue weighted by molar-refractivity contribution is 0.526. The van der Waals surface area contributed by atoms with Crippen LogP contribution in [0.3, 0.4) is 0 Å². The predicted molar refractivity (Wildman–Crippen MR) is 202 cm³/mol. The van der Waals surface area contributed by atoms with E-state index in [0.717, 1.165) is 40.2 Å². The molecule has 0 aliphatic heterocycles. The van der Waals surface area contributed by atoms with Gasteiger partial charge in [0, 0.05) is 43.8 Å². The van der Waals surface area contributed by atoms with Crippen molar-refractivity contribution in [3.05, 3.63) is 143 Å². The van der Waals surface area contributed by atoms with E-state index in [4.69, 9.17) is 9.97 Å². The molecule has 2 nitrogen and oxygen atoms in total. The lowest BCUT2D eigenvalue weighted by Gasteiger charge is -2.23. The molecule has 47 heavy (non-hydrogen) atoms. The van der Waals surface area contributed by atoms with Gasteiger partial charge in [-0.15, -0.1) is 11.3 Å². The normalized spacial score (nSPS) is 12.3. The largest absolute Gasteiger partial charge is 0.261 e. The number of rotatable bonds is 7. The summed E-state index contributed by atoms with van der Waals surface area (Å²) in [5, 5.41) is 0. The maximum atomic E-state index is 5.10. The summed E-state index contributed by atoms with van der Waals surface area (Å²) in [6.45, 7) is 18.2. The molecule has 0 bridgehead atoms. The molecule has 0 spiro atoms. The van der Waals surface area contributed by atoms with Crippen LogP contribution in [0.2, 0.25) is 0 Å². The third-order valence-electron chi connectivity index (χ3n) is 9.00. The summed E-state index contributed by atoms with van der Waals surface area (Å²) in [5.41, 5.74) is 11.8. The average molecular weight is 635 g/mol. The van der Waals surface area contributed by atoms with Gasteiger partial charge in [0.25, 0.3) is 0 Å². The summed E-state index contributed by atoms with van der Waals surface area (Å²) >= 11 is 1.88. The number of pyridine rings is 2. The van der Waals surface area contributed by atoms with Crippen LogP contribution >= 0.6 is 11.3 Å². The molecule has 0 fully saturated rings. The highest BCUT2D eigenvalue weighted by Gasteiger charge is 2.24. The second kappa shape index (κ2) is 12.7. The molecule has 0 saturated carbocycles. The van der Waals surface area contributed by atoms with E-state index in [1.807, 2.05) is 17.5 Å². The third-order valence-corrected chi connectivity index (χ3v) is 10.5. The Hall–Kier alpha value is -4.34. The van der Waals surface area contributed by atoms with E-state index in [-0.39, 0.29) is 16.2 Å². The molecule has 3 aromatic heterocycles. The van der Waals surface area contributed by atoms with Crippen LogP contribution in [-0.2, 0) is 22.7 Å². The summed E-state index contributed by atoms with van der Waals surface area (Å²) in [6.07, 6.45) is 2.91. The number of nitrogens with zero attached hydrogens (tertiary/aromatic N) is 2. The summed E-state index contributed by atoms with van der Waals surface area (Å²) in [5.74, 6) is 0. The molecule has 3 heterocycles. The Morgan fingerprint density at radius 2 is 1.06 bits per heavy atom. The molecule has 0 radical (unpaired) electrons. The zero-order valence-electron chi connectivity index (χ0n) is 29.1. The molecular weight excluding hydrogens is 589 g/mol. The highest BCUT2D eigenvalue weighted by atomic mass is 32.1. The summed E-state index contributed by atoms with van der Waals surface area (Å²) in [7, 11) is 0. The minimum atomic E-state index is -0.0430. The van der Waals surface area contributed by atoms with Gasteiger partial charge < -0.3 is 0 Å². The van der Waals surface area contributed by atoms with Gasteiger partial charge in [0.15, 0.2) is 0 Å². The van der Waals surface area contributed by atoms with Gasteiger partial charge in [-0.05, 0) is 82.0 Å². The Morgan fingerprint density at radius 1 is 0.511 bits per heavy atom. The molecule has 6 aromatic rings. The van der Waals surface area contributed by atoms with Crippen molar-refractivity contribution in [1.29, 1.82) is 0 Å². The Labute approximate surface area is 285 Å². The Kier molecular flexibility index (Phi) is 8.80. The first kappa shape index (κ1) is 32.6. The monoisotopic (exact) mass is 634 g/mol. The van der Waals surface area contributed by atoms with Crippen LogP contribution in [0.5, 0.6) is 0 Å². The van der Waals surface area contributed by atoms with Crippen molar-refractivity contribution in [1.82, 2.24) is 9.97 Å². The van der Waals surface area contributed by atoms with Gasteiger partial charge in [-0.3, -0.25) is 4.98 Å². The van der Waals surface area contributed by atoms with Gasteiger partial charge >= 0.3 is 0 Å². The first-order chi connectivity index (χ1) is 22.3. The molecular formula is C44H46N2S. The second-order valence-electron chi connectivity index (χ2n) is 15.4. The van der Waals surface area contributed by atoms with Crippen molar-refractivity contribution >= 4 is 11.3 Å². The van der Waals surface area contributed by atoms with E-state index >= 15 is 0 Å². The molecule has 3 heteroatoms. The maximum absolute atomic E-state index is 5.10. The zero-order valence-corrected chi connectivity index (χ0v) is 29.9. The van der Waals surface area contributed by atoms with Crippen LogP contribution in [0.15, 0.2) is 121 Å². The van der Waals surface area contributed by atoms with Crippen LogP contribution in [0.1, 0.15) is 77.1 Å². The van der Waals surface area contributed by atoms with Crippen LogP contribution in [-0.4, -0.2) is 9.97 Å². The molecule has 238 valence electrons. The van der Waals surface area contributed by atoms with Crippen molar-refractivity contribution in [3.8, 4) is 44.1 Å². The van der Waals surface area contributed by atoms with E-state index in [9.17, 15) is 0 Å². The molecule has 0 N–H and O–H groups in total. The lowest BCUT2D eigenvalue weighted by Crippen LogP contribution is -2.19. The van der Waals surface area contributed by atoms with Crippen molar-refractivity contribution in [2.24, 2.45) is 0 Å². The predicted octanol–water partition coefficient (Wildman–Crippen LogP) is 12.3. The standard InChI is InChI=1S/C44H46N2S/c1-42(2,3)35-17-10-13-30(26-35)34-21-22-37(45-29-34)28-44(7,8)41-24-23-40(47-41)33-16-9-14-31(25-33)38-19-12-20-39(46-38)32-15-11-18-36(27-32)43(4,5)6/h9-27,29H,28H2,1-8H3. The molecule has 3 aromatic carbocycles. The Bertz CT molecular complexity index is 2000. The zero-order chi connectivity index (χ0) is 33.4. The minimum absolute atomic E-state index is 0.0430. The van der Waals surface area contributed by atoms with Crippen LogP contribution in [0, 0.1) is 0 Å². The highest BCUT2D eigenvalue weighted by molar-refractivity contribution is 7.15. The van der Waals surface area contributed by atoms with Crippen molar-refractivity contribution in [2.45, 2.75) is 78.1 Å². The smallest absolute Gasteiger partial charge is 0.0709 e. The van der Waals surface area contributed by atoms with E-state index in [2.05, 4.69) is 171 Å². The first-order valence-corrected chi connectivity index (χ1v) is 17.4. The van der Waals surface area contributed by atoms with E-state index < -0.39 is 0 Å². The minimum Gasteiger partial charge on any atom is -0.261 e. The summed E-state index contributed by atoms with van der Waals surface area (Å²) in [4.78, 5) is 12.6. The molecule has 0 saturated heterocycles. The van der Waals surface area contributed by atoms with Gasteiger partial charge in [-0.25, -0.2) is 4.98 Å². The molecule has 0 aliphatic rings. The molecule has 6 rings (SSSR count). The quantitative estimate of drug-likeness (QED) is 0.175. The Balaban J connectivity index is 1.19. The number of hydrogen-bond donors (Lipinski definition) is 0. The van der Waals surface area contributed by atoms with Gasteiger partial charge in [0.1, 0.15) is 0 Å². The molecule has 0 unspecified atom stereocenters. The number of hydrogen-bond acceptors (Lipinski definition) is 3. The van der Waals surface area contributed by atoms with Crippen molar-refractivity contribution < 1.29 is 0 Å². The SMILES string of the molecule is CC(C)(C)c1cccc(-c2ccc(CC(C)(C)c3ccc(-c4cccc(-c5cccc(-c6cccc(C(C)(C)C)c6)n5)c4)s3)nc2)c1. The van der Waals surface area contributed by atoms with Gasteiger partial charge in [0.2, 0.25) is 0 Å². The average Bonchev–Trinajstić information content (AvgIpc) is 3.57. The van der Waals surface area contributed by atoms with Crippen LogP contribution in [0.25, 0.3) is 44.1 Å². The van der Waals surface area contributed by atoms with E-state index in [1.165, 1.54) is 32.0 Å². The number of thiophene rings is 1. The number of aromatic nitrogens is 2. The van der Waals surface area contributed by atoms with Crippen LogP contribution < -0.4 is 0 Å². The van der Waals surface area contributed by atoms with Gasteiger partial charge in [0.05, 0.1) is 11.4 Å². The van der Waals surface area contributed by atoms with Crippen molar-refractivity contribution in [2.75, 3.05) is 0 Å². The molecule has 0 atom stereocenters. The second-order valence-corrected chi connectivity index (χ2v) is 16.5. The fraction of sp³-hybridized carbons (Fsp3) is 0.273. The van der Waals surface area contributed by atoms with Gasteiger partial charge in [-0.1, -0.05) is 128 Å². The fourth-order valence-electron chi connectivity index (χ4n) is 5.99. The third kappa shape index (κ3) is 7.47. The Morgan fingerprint density at radius 3 is 1.68 bits per heavy atom. The van der Waals surface area contributed by atoms with Crippen molar-refractivity contribution in [3.63, 3.8) is 0 Å². The maximum Gasteiger partial charge on any atom is 0.0709 e. The summed E-state index contributed by atoms with van der Waals surface area (Å²) < 4.78 is 0. The molecule has 0 amide bonds. The topological polar surface area (TPSA) is 25.8 Å².